The lowest BCUT2D eigenvalue weighted by Gasteiger charge is -2.10. The van der Waals surface area contributed by atoms with E-state index >= 15 is 0 Å². The molecule has 0 radical (unpaired) electrons. The average molecular weight is 418 g/mol. The van der Waals surface area contributed by atoms with Gasteiger partial charge in [0.15, 0.2) is 0 Å². The van der Waals surface area contributed by atoms with Gasteiger partial charge in [-0.25, -0.2) is 0 Å². The van der Waals surface area contributed by atoms with E-state index in [2.05, 4.69) is 0 Å². The van der Waals surface area contributed by atoms with E-state index in [1.165, 1.54) is 0 Å². The Bertz CT molecular complexity index is 1640. The maximum Gasteiger partial charge on any atom is 0.143 e. The Balaban J connectivity index is 1.90. The summed E-state index contributed by atoms with van der Waals surface area (Å²) in [5, 5.41) is 35.5. The van der Waals surface area contributed by atoms with E-state index in [0.29, 0.717) is 16.9 Å². The smallest absolute Gasteiger partial charge is 0.143 e. The molecule has 6 aromatic rings. The number of fused-ring (bicyclic) bond motifs is 6. The highest BCUT2D eigenvalue weighted by molar-refractivity contribution is 6.29. The first-order valence-electron chi connectivity index (χ1n) is 10.3. The zero-order valence-electron chi connectivity index (χ0n) is 16.9. The van der Waals surface area contributed by atoms with Gasteiger partial charge in [-0.3, -0.25) is 0 Å². The van der Waals surface area contributed by atoms with Crippen LogP contribution in [0.4, 0.5) is 0 Å². The number of phenolic OH excluding ortho intramolecular Hbond substituents is 3. The van der Waals surface area contributed by atoms with Gasteiger partial charge in [0.25, 0.3) is 0 Å². The Morgan fingerprint density at radius 1 is 0.531 bits per heavy atom. The number of rotatable bonds is 2. The van der Waals surface area contributed by atoms with Crippen LogP contribution in [0.25, 0.3) is 55.0 Å². The topological polar surface area (TPSA) is 73.8 Å². The Hall–Kier alpha value is -4.44. The van der Waals surface area contributed by atoms with Gasteiger partial charge in [0, 0.05) is 32.8 Å². The molecule has 0 aliphatic heterocycles. The van der Waals surface area contributed by atoms with Crippen LogP contribution in [0.3, 0.4) is 0 Å². The Kier molecular flexibility index (Phi) is 3.89. The highest BCUT2D eigenvalue weighted by Crippen LogP contribution is 2.50. The zero-order chi connectivity index (χ0) is 21.8. The molecule has 0 saturated carbocycles. The van der Waals surface area contributed by atoms with Gasteiger partial charge in [-0.2, -0.15) is 0 Å². The summed E-state index contributed by atoms with van der Waals surface area (Å²) in [7, 11) is 0. The molecule has 0 unspecified atom stereocenters. The molecule has 154 valence electrons. The second kappa shape index (κ2) is 6.79. The van der Waals surface area contributed by atoms with Gasteiger partial charge in [-0.1, -0.05) is 54.6 Å². The molecule has 0 spiro atoms. The van der Waals surface area contributed by atoms with Crippen LogP contribution in [0.2, 0.25) is 0 Å². The lowest BCUT2D eigenvalue weighted by Crippen LogP contribution is -1.85. The summed E-state index contributed by atoms with van der Waals surface area (Å²) in [6.07, 6.45) is 0. The van der Waals surface area contributed by atoms with Gasteiger partial charge < -0.3 is 19.7 Å². The number of benzene rings is 5. The van der Waals surface area contributed by atoms with Crippen LogP contribution < -0.4 is 0 Å². The largest absolute Gasteiger partial charge is 0.508 e. The molecular formula is C28H18O4. The summed E-state index contributed by atoms with van der Waals surface area (Å²) in [6.45, 7) is 0. The Morgan fingerprint density at radius 3 is 1.97 bits per heavy atom. The van der Waals surface area contributed by atoms with Crippen LogP contribution in [0.15, 0.2) is 95.4 Å². The van der Waals surface area contributed by atoms with Crippen molar-refractivity contribution in [3.63, 3.8) is 0 Å². The third kappa shape index (κ3) is 2.56. The molecule has 6 rings (SSSR count). The van der Waals surface area contributed by atoms with E-state index in [9.17, 15) is 15.3 Å². The van der Waals surface area contributed by atoms with Crippen LogP contribution in [-0.4, -0.2) is 15.3 Å². The van der Waals surface area contributed by atoms with Crippen molar-refractivity contribution in [3.8, 4) is 39.7 Å². The number of phenols is 3. The first kappa shape index (κ1) is 18.3. The van der Waals surface area contributed by atoms with Crippen molar-refractivity contribution in [2.24, 2.45) is 0 Å². The van der Waals surface area contributed by atoms with Gasteiger partial charge in [0.2, 0.25) is 0 Å². The molecule has 1 aromatic heterocycles. The highest BCUT2D eigenvalue weighted by Gasteiger charge is 2.24. The molecule has 1 heterocycles. The first-order valence-corrected chi connectivity index (χ1v) is 10.3. The van der Waals surface area contributed by atoms with E-state index in [4.69, 9.17) is 4.42 Å². The van der Waals surface area contributed by atoms with Crippen LogP contribution >= 0.6 is 0 Å². The molecule has 0 aliphatic rings. The fourth-order valence-electron chi connectivity index (χ4n) is 4.57. The van der Waals surface area contributed by atoms with Crippen LogP contribution in [-0.2, 0) is 0 Å². The van der Waals surface area contributed by atoms with Crippen molar-refractivity contribution in [1.29, 1.82) is 0 Å². The SMILES string of the molecule is Oc1ccc(-c2oc3c4ccccc4c4c(O)cccc4c3c2-c2ccccc2O)cc1. The molecule has 4 heteroatoms. The molecule has 0 saturated heterocycles. The summed E-state index contributed by atoms with van der Waals surface area (Å²) in [4.78, 5) is 0. The maximum atomic E-state index is 10.8. The number of hydrogen-bond acceptors (Lipinski definition) is 4. The summed E-state index contributed by atoms with van der Waals surface area (Å²) in [6, 6.07) is 27.2. The highest BCUT2D eigenvalue weighted by atomic mass is 16.3. The fraction of sp³-hybridized carbons (Fsp3) is 0. The van der Waals surface area contributed by atoms with Gasteiger partial charge in [0.05, 0.1) is 0 Å². The molecule has 5 aromatic carbocycles. The lowest BCUT2D eigenvalue weighted by molar-refractivity contribution is 0.475. The molecule has 4 nitrogen and oxygen atoms in total. The van der Waals surface area contributed by atoms with E-state index in [1.807, 2.05) is 48.5 Å². The van der Waals surface area contributed by atoms with Crippen molar-refractivity contribution < 1.29 is 19.7 Å². The second-order valence-corrected chi connectivity index (χ2v) is 7.82. The minimum atomic E-state index is 0.136. The van der Waals surface area contributed by atoms with E-state index in [-0.39, 0.29) is 17.2 Å². The van der Waals surface area contributed by atoms with Crippen molar-refractivity contribution >= 4 is 32.5 Å². The fourth-order valence-corrected chi connectivity index (χ4v) is 4.57. The van der Waals surface area contributed by atoms with Gasteiger partial charge in [0.1, 0.15) is 28.6 Å². The molecule has 0 amide bonds. The summed E-state index contributed by atoms with van der Waals surface area (Å²) < 4.78 is 6.52. The van der Waals surface area contributed by atoms with Crippen molar-refractivity contribution in [2.75, 3.05) is 0 Å². The normalized spacial score (nSPS) is 11.5. The summed E-state index contributed by atoms with van der Waals surface area (Å²) in [5.74, 6) is 1.07. The number of furan rings is 1. The molecule has 0 aliphatic carbocycles. The minimum Gasteiger partial charge on any atom is -0.508 e. The van der Waals surface area contributed by atoms with E-state index < -0.39 is 0 Å². The molecule has 0 atom stereocenters. The molecule has 32 heavy (non-hydrogen) atoms. The van der Waals surface area contributed by atoms with Crippen molar-refractivity contribution in [2.45, 2.75) is 0 Å². The second-order valence-electron chi connectivity index (χ2n) is 7.82. The predicted octanol–water partition coefficient (Wildman–Crippen LogP) is 7.19. The van der Waals surface area contributed by atoms with Gasteiger partial charge >= 0.3 is 0 Å². The summed E-state index contributed by atoms with van der Waals surface area (Å²) in [5.41, 5.74) is 2.83. The zero-order valence-corrected chi connectivity index (χ0v) is 16.9. The van der Waals surface area contributed by atoms with Gasteiger partial charge in [-0.15, -0.1) is 0 Å². The molecule has 0 fully saturated rings. The Morgan fingerprint density at radius 2 is 1.19 bits per heavy atom. The van der Waals surface area contributed by atoms with Crippen molar-refractivity contribution in [1.82, 2.24) is 0 Å². The van der Waals surface area contributed by atoms with E-state index in [1.54, 1.807) is 42.5 Å². The Labute approximate surface area is 183 Å². The predicted molar refractivity (Wildman–Crippen MR) is 127 cm³/mol. The maximum absolute atomic E-state index is 10.8. The van der Waals surface area contributed by atoms with Crippen LogP contribution in [0.1, 0.15) is 0 Å². The molecule has 3 N–H and O–H groups in total. The average Bonchev–Trinajstić information content (AvgIpc) is 3.21. The molecule has 0 bridgehead atoms. The monoisotopic (exact) mass is 418 g/mol. The number of aromatic hydroxyl groups is 3. The number of para-hydroxylation sites is 1. The minimum absolute atomic E-state index is 0.136. The first-order chi connectivity index (χ1) is 15.6. The van der Waals surface area contributed by atoms with Crippen molar-refractivity contribution in [3.05, 3.63) is 91.0 Å². The van der Waals surface area contributed by atoms with Crippen LogP contribution in [0, 0.1) is 0 Å². The quantitative estimate of drug-likeness (QED) is 0.260. The lowest BCUT2D eigenvalue weighted by atomic mass is 9.92. The van der Waals surface area contributed by atoms with E-state index in [0.717, 1.165) is 38.1 Å². The third-order valence-corrected chi connectivity index (χ3v) is 5.96. The van der Waals surface area contributed by atoms with Crippen LogP contribution in [0.5, 0.6) is 17.2 Å². The summed E-state index contributed by atoms with van der Waals surface area (Å²) >= 11 is 0. The number of hydrogen-bond donors (Lipinski definition) is 3. The molecular weight excluding hydrogens is 400 g/mol. The third-order valence-electron chi connectivity index (χ3n) is 5.96. The standard InChI is InChI=1S/C28H18O4/c29-17-14-12-16(13-15-17)27-25(20-8-3-4-10-22(20)30)26-21-9-5-11-23(31)24(21)18-6-1-2-7-19(18)28(26)32-27/h1-15,29-31H. The van der Waals surface area contributed by atoms with Gasteiger partial charge in [-0.05, 0) is 47.2 Å².